The Labute approximate surface area is 166 Å². The Morgan fingerprint density at radius 3 is 2.48 bits per heavy atom. The second-order valence-electron chi connectivity index (χ2n) is 5.76. The molecular formula is C16H22Cl2N6O3. The molecule has 2 rings (SSSR count). The fourth-order valence-corrected chi connectivity index (χ4v) is 2.73. The third-order valence-corrected chi connectivity index (χ3v) is 4.53. The maximum atomic E-state index is 10.3. The number of hydrazine groups is 1. The van der Waals surface area contributed by atoms with Crippen molar-refractivity contribution < 1.29 is 15.3 Å². The maximum absolute atomic E-state index is 10.3. The van der Waals surface area contributed by atoms with Crippen molar-refractivity contribution in [3.05, 3.63) is 34.4 Å². The lowest BCUT2D eigenvalue weighted by Gasteiger charge is -2.26. The first-order chi connectivity index (χ1) is 12.9. The highest BCUT2D eigenvalue weighted by atomic mass is 35.5. The van der Waals surface area contributed by atoms with Crippen molar-refractivity contribution in [1.29, 1.82) is 0 Å². The van der Waals surface area contributed by atoms with Gasteiger partial charge in [0.1, 0.15) is 11.8 Å². The van der Waals surface area contributed by atoms with E-state index in [-0.39, 0.29) is 29.2 Å². The predicted molar refractivity (Wildman–Crippen MR) is 107 cm³/mol. The van der Waals surface area contributed by atoms with Gasteiger partial charge in [-0.15, -0.1) is 0 Å². The quantitative estimate of drug-likeness (QED) is 0.185. The Morgan fingerprint density at radius 1 is 1.15 bits per heavy atom. The topological polar surface area (TPSA) is 149 Å². The van der Waals surface area contributed by atoms with Crippen LogP contribution in [0.25, 0.3) is 0 Å². The van der Waals surface area contributed by atoms with E-state index in [0.717, 1.165) is 0 Å². The molecule has 0 unspecified atom stereocenters. The van der Waals surface area contributed by atoms with E-state index in [9.17, 15) is 15.3 Å². The molecule has 9 nitrogen and oxygen atoms in total. The number of anilines is 4. The molecule has 27 heavy (non-hydrogen) atoms. The van der Waals surface area contributed by atoms with Gasteiger partial charge >= 0.3 is 0 Å². The molecule has 0 bridgehead atoms. The smallest absolute Gasteiger partial charge is 0.223 e. The van der Waals surface area contributed by atoms with Crippen molar-refractivity contribution in [2.75, 3.05) is 28.5 Å². The highest BCUT2D eigenvalue weighted by molar-refractivity contribution is 6.33. The lowest BCUT2D eigenvalue weighted by atomic mass is 9.99. The first-order valence-electron chi connectivity index (χ1n) is 8.20. The van der Waals surface area contributed by atoms with Gasteiger partial charge in [-0.3, -0.25) is 10.9 Å². The second kappa shape index (κ2) is 9.77. The molecule has 148 valence electrons. The molecule has 1 aromatic carbocycles. The van der Waals surface area contributed by atoms with Crippen molar-refractivity contribution in [2.24, 2.45) is 5.92 Å². The van der Waals surface area contributed by atoms with Crippen LogP contribution in [-0.4, -0.2) is 44.2 Å². The lowest BCUT2D eigenvalue weighted by molar-refractivity contribution is -0.0203. The van der Waals surface area contributed by atoms with Crippen LogP contribution in [0.5, 0.6) is 0 Å². The summed E-state index contributed by atoms with van der Waals surface area (Å²) in [6.45, 7) is 1.51. The number of hydrogen-bond acceptors (Lipinski definition) is 9. The van der Waals surface area contributed by atoms with Crippen LogP contribution in [0.15, 0.2) is 24.3 Å². The molecule has 0 saturated carbocycles. The highest BCUT2D eigenvalue weighted by Crippen LogP contribution is 2.30. The van der Waals surface area contributed by atoms with E-state index in [4.69, 9.17) is 28.9 Å². The van der Waals surface area contributed by atoms with Gasteiger partial charge in [-0.1, -0.05) is 42.3 Å². The largest absolute Gasteiger partial charge is 0.396 e. The van der Waals surface area contributed by atoms with Crippen molar-refractivity contribution in [1.82, 2.24) is 9.97 Å². The Morgan fingerprint density at radius 2 is 1.85 bits per heavy atom. The van der Waals surface area contributed by atoms with Crippen LogP contribution in [0.1, 0.15) is 13.3 Å². The van der Waals surface area contributed by atoms with Crippen molar-refractivity contribution in [2.45, 2.75) is 25.7 Å². The van der Waals surface area contributed by atoms with Crippen LogP contribution in [0, 0.1) is 5.92 Å². The van der Waals surface area contributed by atoms with Gasteiger partial charge < -0.3 is 26.4 Å². The minimum atomic E-state index is -1.42. The normalized spacial score (nSPS) is 14.3. The fourth-order valence-electron chi connectivity index (χ4n) is 2.32. The van der Waals surface area contributed by atoms with Crippen LogP contribution < -0.4 is 21.9 Å². The molecule has 3 atom stereocenters. The molecule has 0 saturated heterocycles. The van der Waals surface area contributed by atoms with Crippen LogP contribution in [-0.2, 0) is 0 Å². The monoisotopic (exact) mass is 416 g/mol. The van der Waals surface area contributed by atoms with Gasteiger partial charge in [0.05, 0.1) is 10.7 Å². The van der Waals surface area contributed by atoms with E-state index in [1.165, 1.54) is 0 Å². The van der Waals surface area contributed by atoms with E-state index < -0.39 is 18.2 Å². The summed E-state index contributed by atoms with van der Waals surface area (Å²) in [7, 11) is 0. The molecule has 0 aliphatic heterocycles. The number of nitrogens with two attached hydrogens (primary N) is 1. The van der Waals surface area contributed by atoms with E-state index in [1.54, 1.807) is 31.2 Å². The highest BCUT2D eigenvalue weighted by Gasteiger charge is 2.26. The number of nitrogen functional groups attached to an aromatic ring is 1. The van der Waals surface area contributed by atoms with E-state index in [1.807, 2.05) is 0 Å². The summed E-state index contributed by atoms with van der Waals surface area (Å²) >= 11 is 12.2. The molecule has 0 aliphatic rings. The average molecular weight is 417 g/mol. The molecule has 2 aromatic rings. The van der Waals surface area contributed by atoms with Crippen molar-refractivity contribution >= 4 is 46.3 Å². The van der Waals surface area contributed by atoms with Gasteiger partial charge in [0.15, 0.2) is 17.2 Å². The molecular weight excluding hydrogens is 395 g/mol. The third-order valence-electron chi connectivity index (χ3n) is 3.93. The number of hydrogen-bond donors (Lipinski definition) is 7. The van der Waals surface area contributed by atoms with Crippen molar-refractivity contribution in [3.63, 3.8) is 0 Å². The van der Waals surface area contributed by atoms with Crippen LogP contribution in [0.2, 0.25) is 10.2 Å². The number of rotatable bonds is 9. The molecule has 0 radical (unpaired) electrons. The number of para-hydroxylation sites is 1. The zero-order valence-electron chi connectivity index (χ0n) is 14.5. The number of halogens is 2. The molecule has 0 spiro atoms. The Hall–Kier alpha value is -2.04. The molecule has 1 aromatic heterocycles. The van der Waals surface area contributed by atoms with Gasteiger partial charge in [-0.25, -0.2) is 0 Å². The van der Waals surface area contributed by atoms with Gasteiger partial charge in [0.25, 0.3) is 0 Å². The molecule has 11 heteroatoms. The maximum Gasteiger partial charge on any atom is 0.223 e. The number of aliphatic hydroxyl groups is 3. The first-order valence-corrected chi connectivity index (χ1v) is 8.96. The summed E-state index contributed by atoms with van der Waals surface area (Å²) in [5.74, 6) is -0.576. The van der Waals surface area contributed by atoms with Gasteiger partial charge in [0, 0.05) is 12.5 Å². The molecule has 0 aliphatic carbocycles. The average Bonchev–Trinajstić information content (AvgIpc) is 2.63. The van der Waals surface area contributed by atoms with Gasteiger partial charge in [-0.2, -0.15) is 9.97 Å². The molecule has 8 N–H and O–H groups in total. The Balaban J connectivity index is 2.21. The van der Waals surface area contributed by atoms with E-state index in [2.05, 4.69) is 26.1 Å². The number of benzene rings is 1. The van der Waals surface area contributed by atoms with Crippen molar-refractivity contribution in [3.8, 4) is 0 Å². The fraction of sp³-hybridized carbons (Fsp3) is 0.375. The summed E-state index contributed by atoms with van der Waals surface area (Å²) in [6, 6.07) is 7.00. The summed E-state index contributed by atoms with van der Waals surface area (Å²) < 4.78 is 0. The summed E-state index contributed by atoms with van der Waals surface area (Å²) in [6.07, 6.45) is -2.19. The number of nitrogens with one attached hydrogen (secondary N) is 3. The first kappa shape index (κ1) is 21.3. The molecule has 1 heterocycles. The molecule has 0 fully saturated rings. The van der Waals surface area contributed by atoms with E-state index >= 15 is 0 Å². The summed E-state index contributed by atoms with van der Waals surface area (Å²) in [4.78, 5) is 7.87. The summed E-state index contributed by atoms with van der Waals surface area (Å²) in [5.41, 5.74) is 12.1. The molecule has 0 amide bonds. The van der Waals surface area contributed by atoms with Gasteiger partial charge in [-0.05, 0) is 18.6 Å². The van der Waals surface area contributed by atoms with E-state index in [0.29, 0.717) is 17.1 Å². The van der Waals surface area contributed by atoms with Crippen LogP contribution in [0.4, 0.5) is 23.1 Å². The second-order valence-corrected chi connectivity index (χ2v) is 6.52. The van der Waals surface area contributed by atoms with Gasteiger partial charge in [0.2, 0.25) is 5.95 Å². The summed E-state index contributed by atoms with van der Waals surface area (Å²) in [5, 5.41) is 32.8. The third kappa shape index (κ3) is 5.47. The number of aromatic nitrogens is 2. The number of aliphatic hydroxyl groups excluding tert-OH is 3. The number of nitrogens with zero attached hydrogens (tertiary/aromatic N) is 2. The Bertz CT molecular complexity index is 763. The van der Waals surface area contributed by atoms with Crippen LogP contribution in [0.3, 0.4) is 0 Å². The standard InChI is InChI=1S/C16H22Cl2N6O3/c1-2-8(7-25)12(26)15(27)21-14-11(13(18)20-16(19)22-14)24-23-10-6-4-3-5-9(10)17/h3-6,8,12,15,23-27H,2,7H2,1H3,(H3,19,20,21,22)/t8-,12-,15-/m1/s1. The zero-order valence-corrected chi connectivity index (χ0v) is 16.0. The SMILES string of the molecule is CC[C@H](CO)[C@@H](O)[C@@H](O)Nc1nc(N)nc(Cl)c1NNc1ccccc1Cl. The minimum absolute atomic E-state index is 0.0135. The lowest BCUT2D eigenvalue weighted by Crippen LogP contribution is -2.40. The minimum Gasteiger partial charge on any atom is -0.396 e. The van der Waals surface area contributed by atoms with Crippen LogP contribution >= 0.6 is 23.2 Å². The Kier molecular flexibility index (Phi) is 7.69. The zero-order chi connectivity index (χ0) is 20.0. The predicted octanol–water partition coefficient (Wildman–Crippen LogP) is 1.91.